The van der Waals surface area contributed by atoms with E-state index in [9.17, 15) is 27.2 Å². The molecule has 0 unspecified atom stereocenters. The number of anilines is 3. The van der Waals surface area contributed by atoms with E-state index >= 15 is 0 Å². The lowest BCUT2D eigenvalue weighted by atomic mass is 10.2. The third-order valence-corrected chi connectivity index (χ3v) is 5.44. The number of nitrogens with one attached hydrogen (secondary N) is 3. The molecule has 3 N–H and O–H groups in total. The first-order valence-corrected chi connectivity index (χ1v) is 11.0. The number of fused-ring (bicyclic) bond motifs is 1. The zero-order chi connectivity index (χ0) is 25.9. The summed E-state index contributed by atoms with van der Waals surface area (Å²) in [5.74, 6) is -1.70. The number of benzene rings is 1. The van der Waals surface area contributed by atoms with Crippen LogP contribution in [0.4, 0.5) is 34.9 Å². The van der Waals surface area contributed by atoms with E-state index in [4.69, 9.17) is 4.74 Å². The molecule has 3 aromatic rings. The Balaban J connectivity index is 1.41. The molecule has 1 aromatic carbocycles. The van der Waals surface area contributed by atoms with Gasteiger partial charge in [-0.25, -0.2) is 9.97 Å². The van der Waals surface area contributed by atoms with Crippen molar-refractivity contribution in [2.75, 3.05) is 29.7 Å². The van der Waals surface area contributed by atoms with E-state index in [1.807, 2.05) is 0 Å². The Labute approximate surface area is 204 Å². The third kappa shape index (κ3) is 5.46. The highest BCUT2D eigenvalue weighted by Crippen LogP contribution is 2.47. The summed E-state index contributed by atoms with van der Waals surface area (Å²) in [6.07, 6.45) is -8.22. The van der Waals surface area contributed by atoms with Crippen molar-refractivity contribution in [1.29, 1.82) is 0 Å². The lowest BCUT2D eigenvalue weighted by Crippen LogP contribution is -2.52. The molecule has 3 heterocycles. The molecule has 36 heavy (non-hydrogen) atoms. The van der Waals surface area contributed by atoms with Crippen molar-refractivity contribution in [3.05, 3.63) is 52.5 Å². The molecule has 15 heteroatoms. The summed E-state index contributed by atoms with van der Waals surface area (Å²) in [5, 5.41) is 8.05. The summed E-state index contributed by atoms with van der Waals surface area (Å²) in [4.78, 5) is 32.7. The molecule has 0 aliphatic carbocycles. The van der Waals surface area contributed by atoms with Crippen LogP contribution in [0.5, 0.6) is 11.5 Å². The van der Waals surface area contributed by atoms with E-state index < -0.39 is 29.6 Å². The summed E-state index contributed by atoms with van der Waals surface area (Å²) in [6.45, 7) is 0.104. The van der Waals surface area contributed by atoms with Crippen LogP contribution in [0.3, 0.4) is 0 Å². The van der Waals surface area contributed by atoms with Crippen LogP contribution in [-0.4, -0.2) is 47.7 Å². The molecule has 10 nitrogen and oxygen atoms in total. The number of rotatable bonds is 8. The predicted molar refractivity (Wildman–Crippen MR) is 120 cm³/mol. The smallest absolute Gasteiger partial charge is 0.421 e. The summed E-state index contributed by atoms with van der Waals surface area (Å²) >= 11 is 1.01. The van der Waals surface area contributed by atoms with Crippen LogP contribution in [0.25, 0.3) is 0 Å². The SMILES string of the molecule is COCC(=O)Nc1cc(CNc2ncsc2C(=O)Nc2ccc3c(c2)OC(F)(F)C(F)(F)O3)ccn1. The molecule has 0 saturated heterocycles. The Morgan fingerprint density at radius 2 is 1.78 bits per heavy atom. The quantitative estimate of drug-likeness (QED) is 0.377. The number of alkyl halides is 4. The molecule has 0 bridgehead atoms. The van der Waals surface area contributed by atoms with Gasteiger partial charge >= 0.3 is 12.2 Å². The average molecular weight is 527 g/mol. The van der Waals surface area contributed by atoms with Gasteiger partial charge < -0.3 is 30.2 Å². The molecular formula is C21H17F4N5O5S. The average Bonchev–Trinajstić information content (AvgIpc) is 3.27. The Bertz CT molecular complexity index is 1290. The number of hydrogen-bond acceptors (Lipinski definition) is 9. The summed E-state index contributed by atoms with van der Waals surface area (Å²) < 4.78 is 66.4. The molecule has 2 amide bonds. The molecule has 1 aliphatic heterocycles. The van der Waals surface area contributed by atoms with E-state index in [-0.39, 0.29) is 35.4 Å². The molecule has 1 aliphatic rings. The lowest BCUT2D eigenvalue weighted by Gasteiger charge is -2.31. The minimum atomic E-state index is -4.88. The fourth-order valence-corrected chi connectivity index (χ4v) is 3.67. The van der Waals surface area contributed by atoms with E-state index in [1.165, 1.54) is 24.9 Å². The van der Waals surface area contributed by atoms with Gasteiger partial charge in [0.05, 0.1) is 5.51 Å². The maximum atomic E-state index is 13.4. The van der Waals surface area contributed by atoms with Crippen LogP contribution < -0.4 is 25.4 Å². The minimum Gasteiger partial charge on any atom is -0.421 e. The maximum absolute atomic E-state index is 13.4. The van der Waals surface area contributed by atoms with Crippen molar-refractivity contribution in [3.63, 3.8) is 0 Å². The molecule has 4 rings (SSSR count). The molecule has 0 fully saturated rings. The molecule has 2 aromatic heterocycles. The zero-order valence-corrected chi connectivity index (χ0v) is 19.1. The number of thiazole rings is 1. The fourth-order valence-electron chi connectivity index (χ4n) is 3.01. The first-order chi connectivity index (χ1) is 17.1. The van der Waals surface area contributed by atoms with Gasteiger partial charge in [0.2, 0.25) is 0 Å². The topological polar surface area (TPSA) is 124 Å². The number of ether oxygens (including phenoxy) is 3. The van der Waals surface area contributed by atoms with E-state index in [1.54, 1.807) is 12.1 Å². The number of pyridine rings is 1. The number of hydrogen-bond donors (Lipinski definition) is 3. The Hall–Kier alpha value is -3.98. The van der Waals surface area contributed by atoms with Crippen molar-refractivity contribution in [1.82, 2.24) is 9.97 Å². The first kappa shape index (κ1) is 25.1. The summed E-state index contributed by atoms with van der Waals surface area (Å²) in [6, 6.07) is 6.44. The van der Waals surface area contributed by atoms with Gasteiger partial charge in [0, 0.05) is 31.6 Å². The number of carbonyl (C=O) groups excluding carboxylic acids is 2. The lowest BCUT2D eigenvalue weighted by molar-refractivity contribution is -0.391. The standard InChI is InChI=1S/C21H17F4N5O5S/c1-33-9-16(31)30-15-6-11(4-5-26-15)8-27-18-17(36-10-28-18)19(32)29-12-2-3-13-14(7-12)35-21(24,25)20(22,23)34-13/h2-7,10,27H,8-9H2,1H3,(H,29,32)(H,26,30,31). The van der Waals surface area contributed by atoms with E-state index in [2.05, 4.69) is 35.4 Å². The Morgan fingerprint density at radius 1 is 1.03 bits per heavy atom. The van der Waals surface area contributed by atoms with Crippen LogP contribution in [0.1, 0.15) is 15.2 Å². The van der Waals surface area contributed by atoms with E-state index in [0.29, 0.717) is 5.82 Å². The molecule has 0 atom stereocenters. The zero-order valence-electron chi connectivity index (χ0n) is 18.3. The van der Waals surface area contributed by atoms with Crippen LogP contribution in [0.15, 0.2) is 42.0 Å². The van der Waals surface area contributed by atoms with E-state index in [0.717, 1.165) is 29.0 Å². The number of carbonyl (C=O) groups is 2. The van der Waals surface area contributed by atoms with Crippen molar-refractivity contribution in [2.45, 2.75) is 18.8 Å². The van der Waals surface area contributed by atoms with Crippen LogP contribution in [-0.2, 0) is 16.1 Å². The fraction of sp³-hybridized carbons (Fsp3) is 0.238. The predicted octanol–water partition coefficient (Wildman–Crippen LogP) is 3.94. The number of amides is 2. The van der Waals surface area contributed by atoms with Crippen molar-refractivity contribution in [3.8, 4) is 11.5 Å². The van der Waals surface area contributed by atoms with Gasteiger partial charge in [-0.15, -0.1) is 11.3 Å². The summed E-state index contributed by atoms with van der Waals surface area (Å²) in [7, 11) is 1.39. The highest BCUT2D eigenvalue weighted by atomic mass is 32.1. The van der Waals surface area contributed by atoms with Crippen LogP contribution in [0.2, 0.25) is 0 Å². The number of nitrogens with zero attached hydrogens (tertiary/aromatic N) is 2. The van der Waals surface area contributed by atoms with Gasteiger partial charge in [0.25, 0.3) is 11.8 Å². The van der Waals surface area contributed by atoms with Crippen molar-refractivity contribution >= 4 is 40.5 Å². The molecule has 0 spiro atoms. The molecular weight excluding hydrogens is 510 g/mol. The van der Waals surface area contributed by atoms with Gasteiger partial charge in [0.15, 0.2) is 11.5 Å². The highest BCUT2D eigenvalue weighted by Gasteiger charge is 2.65. The number of halogens is 4. The largest absolute Gasteiger partial charge is 0.507 e. The second kappa shape index (κ2) is 9.94. The highest BCUT2D eigenvalue weighted by molar-refractivity contribution is 7.12. The van der Waals surface area contributed by atoms with Gasteiger partial charge in [-0.05, 0) is 29.8 Å². The second-order valence-electron chi connectivity index (χ2n) is 7.27. The van der Waals surface area contributed by atoms with Gasteiger partial charge in [-0.1, -0.05) is 0 Å². The maximum Gasteiger partial charge on any atom is 0.507 e. The number of aromatic nitrogens is 2. The van der Waals surface area contributed by atoms with Gasteiger partial charge in [-0.2, -0.15) is 17.6 Å². The van der Waals surface area contributed by atoms with Crippen molar-refractivity contribution in [2.24, 2.45) is 0 Å². The Kier molecular flexibility index (Phi) is 6.94. The monoisotopic (exact) mass is 527 g/mol. The van der Waals surface area contributed by atoms with Gasteiger partial charge in [-0.3, -0.25) is 9.59 Å². The van der Waals surface area contributed by atoms with Crippen LogP contribution in [0, 0.1) is 0 Å². The molecule has 190 valence electrons. The Morgan fingerprint density at radius 3 is 2.53 bits per heavy atom. The second-order valence-corrected chi connectivity index (χ2v) is 8.12. The molecule has 0 radical (unpaired) electrons. The van der Waals surface area contributed by atoms with Crippen LogP contribution >= 0.6 is 11.3 Å². The van der Waals surface area contributed by atoms with Gasteiger partial charge in [0.1, 0.15) is 23.1 Å². The molecule has 0 saturated carbocycles. The normalized spacial score (nSPS) is 15.1. The minimum absolute atomic E-state index is 0.00768. The summed E-state index contributed by atoms with van der Waals surface area (Å²) in [5.41, 5.74) is 2.15. The number of methoxy groups -OCH3 is 1. The van der Waals surface area contributed by atoms with Crippen molar-refractivity contribution < 1.29 is 41.4 Å². The first-order valence-electron chi connectivity index (χ1n) is 10.1. The third-order valence-electron chi connectivity index (χ3n) is 4.62.